The summed E-state index contributed by atoms with van der Waals surface area (Å²) >= 11 is 6.20. The van der Waals surface area contributed by atoms with Crippen molar-refractivity contribution in [1.82, 2.24) is 4.98 Å². The Labute approximate surface area is 178 Å². The molecule has 148 valence electrons. The molecule has 0 aliphatic heterocycles. The minimum Gasteiger partial charge on any atom is -0.361 e. The lowest BCUT2D eigenvalue weighted by Crippen LogP contribution is -2.13. The number of carbonyl (C=O) groups is 1. The Morgan fingerprint density at radius 3 is 2.43 bits per heavy atom. The zero-order valence-electron chi connectivity index (χ0n) is 15.9. The number of carbonyl (C=O) groups excluding carboxylic acids is 1. The van der Waals surface area contributed by atoms with Crippen LogP contribution >= 0.6 is 11.6 Å². The third kappa shape index (κ3) is 4.59. The van der Waals surface area contributed by atoms with Crippen molar-refractivity contribution >= 4 is 51.7 Å². The second-order valence-electron chi connectivity index (χ2n) is 6.71. The summed E-state index contributed by atoms with van der Waals surface area (Å²) in [7, 11) is 0. The molecule has 0 saturated carbocycles. The highest BCUT2D eigenvalue weighted by atomic mass is 35.5. The molecule has 0 bridgehead atoms. The first kappa shape index (κ1) is 19.5. The van der Waals surface area contributed by atoms with E-state index >= 15 is 0 Å². The minimum absolute atomic E-state index is 0.245. The molecule has 4 aromatic rings. The smallest absolute Gasteiger partial charge is 0.248 e. The quantitative estimate of drug-likeness (QED) is 0.186. The number of H-pyrrole nitrogens is 1. The molecule has 30 heavy (non-hydrogen) atoms. The van der Waals surface area contributed by atoms with Gasteiger partial charge in [0.2, 0.25) is 5.91 Å². The molecule has 0 fully saturated rings. The largest absolute Gasteiger partial charge is 0.361 e. The zero-order valence-corrected chi connectivity index (χ0v) is 16.7. The van der Waals surface area contributed by atoms with Crippen LogP contribution in [0.4, 0.5) is 11.4 Å². The predicted octanol–water partition coefficient (Wildman–Crippen LogP) is 5.91. The molecule has 0 saturated heterocycles. The summed E-state index contributed by atoms with van der Waals surface area (Å²) in [6.07, 6.45) is 5.11. The van der Waals surface area contributed by atoms with Gasteiger partial charge in [0.15, 0.2) is 0 Å². The van der Waals surface area contributed by atoms with Gasteiger partial charge in [0, 0.05) is 45.1 Å². The summed E-state index contributed by atoms with van der Waals surface area (Å²) < 4.78 is 0. The predicted molar refractivity (Wildman–Crippen MR) is 124 cm³/mol. The number of nitrogens with one attached hydrogen (secondary N) is 4. The number of halogens is 1. The first-order valence-electron chi connectivity index (χ1n) is 9.35. The van der Waals surface area contributed by atoms with Gasteiger partial charge in [-0.3, -0.25) is 10.2 Å². The van der Waals surface area contributed by atoms with Crippen molar-refractivity contribution in [3.63, 3.8) is 0 Å². The molecule has 0 atom stereocenters. The molecule has 1 aromatic heterocycles. The number of amides is 1. The Kier molecular flexibility index (Phi) is 5.63. The van der Waals surface area contributed by atoms with Crippen LogP contribution in [0.1, 0.15) is 11.1 Å². The summed E-state index contributed by atoms with van der Waals surface area (Å²) in [5.74, 6) is -0.0268. The maximum absolute atomic E-state index is 12.4. The van der Waals surface area contributed by atoms with Crippen LogP contribution in [0, 0.1) is 5.41 Å². The number of aromatic amines is 1. The highest BCUT2D eigenvalue weighted by molar-refractivity contribution is 6.31. The number of hydrogen-bond acceptors (Lipinski definition) is 2. The van der Waals surface area contributed by atoms with Crippen molar-refractivity contribution in [2.75, 3.05) is 10.6 Å². The highest BCUT2D eigenvalue weighted by Crippen LogP contribution is 2.24. The maximum atomic E-state index is 12.4. The van der Waals surface area contributed by atoms with E-state index in [2.05, 4.69) is 15.6 Å². The van der Waals surface area contributed by atoms with Gasteiger partial charge in [0.1, 0.15) is 5.84 Å². The van der Waals surface area contributed by atoms with Gasteiger partial charge >= 0.3 is 0 Å². The van der Waals surface area contributed by atoms with Crippen LogP contribution in [0.25, 0.3) is 17.0 Å². The molecule has 0 aliphatic carbocycles. The number of aromatic nitrogens is 1. The van der Waals surface area contributed by atoms with E-state index in [0.717, 1.165) is 22.0 Å². The molecule has 0 spiro atoms. The topological polar surface area (TPSA) is 80.8 Å². The molecule has 1 amide bonds. The summed E-state index contributed by atoms with van der Waals surface area (Å²) in [5.41, 5.74) is 3.87. The van der Waals surface area contributed by atoms with E-state index < -0.39 is 0 Å². The molecule has 3 aromatic carbocycles. The number of amidine groups is 1. The zero-order chi connectivity index (χ0) is 20.9. The lowest BCUT2D eigenvalue weighted by atomic mass is 10.1. The van der Waals surface area contributed by atoms with Gasteiger partial charge in [-0.1, -0.05) is 60.1 Å². The number of anilines is 2. The second-order valence-corrected chi connectivity index (χ2v) is 7.14. The van der Waals surface area contributed by atoms with Gasteiger partial charge < -0.3 is 15.6 Å². The SMILES string of the molecule is N=C(Nc1cc(Cl)cc(NC(=O)/C=C/c2c[nH]c3ccccc23)c1)c1ccccc1. The van der Waals surface area contributed by atoms with Crippen LogP contribution < -0.4 is 10.6 Å². The Hall–Kier alpha value is -3.83. The van der Waals surface area contributed by atoms with Crippen molar-refractivity contribution in [2.24, 2.45) is 0 Å². The summed E-state index contributed by atoms with van der Waals surface area (Å²) in [6.45, 7) is 0. The van der Waals surface area contributed by atoms with E-state index in [1.807, 2.05) is 60.8 Å². The monoisotopic (exact) mass is 414 g/mol. The highest BCUT2D eigenvalue weighted by Gasteiger charge is 2.06. The molecule has 1 heterocycles. The molecule has 4 N–H and O–H groups in total. The van der Waals surface area contributed by atoms with Crippen molar-refractivity contribution in [2.45, 2.75) is 0 Å². The van der Waals surface area contributed by atoms with Crippen molar-refractivity contribution in [1.29, 1.82) is 5.41 Å². The first-order chi connectivity index (χ1) is 14.6. The molecular formula is C24H19ClN4O. The average molecular weight is 415 g/mol. The normalized spacial score (nSPS) is 11.0. The van der Waals surface area contributed by atoms with Gasteiger partial charge in [0.25, 0.3) is 0 Å². The number of para-hydroxylation sites is 1. The molecule has 0 unspecified atom stereocenters. The minimum atomic E-state index is -0.272. The fraction of sp³-hybridized carbons (Fsp3) is 0. The average Bonchev–Trinajstić information content (AvgIpc) is 3.15. The van der Waals surface area contributed by atoms with Gasteiger partial charge in [-0.25, -0.2) is 0 Å². The lowest BCUT2D eigenvalue weighted by Gasteiger charge is -2.11. The fourth-order valence-corrected chi connectivity index (χ4v) is 3.37. The molecular weight excluding hydrogens is 396 g/mol. The van der Waals surface area contributed by atoms with E-state index in [9.17, 15) is 4.79 Å². The van der Waals surface area contributed by atoms with E-state index in [1.54, 1.807) is 24.3 Å². The van der Waals surface area contributed by atoms with Gasteiger partial charge in [-0.05, 0) is 35.9 Å². The van der Waals surface area contributed by atoms with Crippen LogP contribution in [-0.2, 0) is 4.79 Å². The van der Waals surface area contributed by atoms with Crippen LogP contribution in [0.3, 0.4) is 0 Å². The Morgan fingerprint density at radius 1 is 0.933 bits per heavy atom. The Bertz CT molecular complexity index is 1240. The third-order valence-corrected chi connectivity index (χ3v) is 4.75. The van der Waals surface area contributed by atoms with Gasteiger partial charge in [0.05, 0.1) is 0 Å². The number of benzene rings is 3. The van der Waals surface area contributed by atoms with E-state index in [-0.39, 0.29) is 11.7 Å². The third-order valence-electron chi connectivity index (χ3n) is 4.53. The van der Waals surface area contributed by atoms with Gasteiger partial charge in [-0.2, -0.15) is 0 Å². The molecule has 0 aliphatic rings. The standard InChI is InChI=1S/C24H19ClN4O/c25-18-12-19(14-20(13-18)29-24(26)16-6-2-1-3-7-16)28-23(30)11-10-17-15-27-22-9-5-4-8-21(17)22/h1-15,27H,(H2,26,29)(H,28,30)/b11-10+. The van der Waals surface area contributed by atoms with E-state index in [1.165, 1.54) is 6.08 Å². The van der Waals surface area contributed by atoms with Crippen LogP contribution in [0.2, 0.25) is 5.02 Å². The van der Waals surface area contributed by atoms with Gasteiger partial charge in [-0.15, -0.1) is 0 Å². The molecule has 6 heteroatoms. The van der Waals surface area contributed by atoms with Crippen molar-refractivity contribution in [3.05, 3.63) is 101 Å². The van der Waals surface area contributed by atoms with Crippen LogP contribution in [0.15, 0.2) is 85.1 Å². The molecule has 0 radical (unpaired) electrons. The Balaban J connectivity index is 1.46. The van der Waals surface area contributed by atoms with E-state index in [0.29, 0.717) is 16.4 Å². The molecule has 4 rings (SSSR count). The van der Waals surface area contributed by atoms with Crippen LogP contribution in [0.5, 0.6) is 0 Å². The van der Waals surface area contributed by atoms with Crippen molar-refractivity contribution < 1.29 is 4.79 Å². The summed E-state index contributed by atoms with van der Waals surface area (Å²) in [4.78, 5) is 15.6. The maximum Gasteiger partial charge on any atom is 0.248 e. The summed E-state index contributed by atoms with van der Waals surface area (Å²) in [6, 6.07) is 22.3. The van der Waals surface area contributed by atoms with Crippen LogP contribution in [-0.4, -0.2) is 16.7 Å². The second kappa shape index (κ2) is 8.68. The first-order valence-corrected chi connectivity index (χ1v) is 9.73. The number of fused-ring (bicyclic) bond motifs is 1. The summed E-state index contributed by atoms with van der Waals surface area (Å²) in [5, 5.41) is 15.5. The number of hydrogen-bond donors (Lipinski definition) is 4. The molecule has 5 nitrogen and oxygen atoms in total. The van der Waals surface area contributed by atoms with Crippen molar-refractivity contribution in [3.8, 4) is 0 Å². The number of rotatable bonds is 5. The lowest BCUT2D eigenvalue weighted by molar-refractivity contribution is -0.111. The fourth-order valence-electron chi connectivity index (χ4n) is 3.14. The van der Waals surface area contributed by atoms with E-state index in [4.69, 9.17) is 17.0 Å². The Morgan fingerprint density at radius 2 is 1.63 bits per heavy atom.